The predicted octanol–water partition coefficient (Wildman–Crippen LogP) is 3.02. The van der Waals surface area contributed by atoms with Crippen molar-refractivity contribution < 1.29 is 60.4 Å². The van der Waals surface area contributed by atoms with Gasteiger partial charge in [-0.25, -0.2) is 0 Å². The van der Waals surface area contributed by atoms with Gasteiger partial charge in [0.05, 0.1) is 0 Å². The first kappa shape index (κ1) is 39.3. The molecule has 0 aliphatic carbocycles. The van der Waals surface area contributed by atoms with Crippen LogP contribution < -0.4 is 0 Å². The minimum absolute atomic E-state index is 0.0774. The molecular weight excluding hydrogens is 718 g/mol. The molecule has 0 bridgehead atoms. The van der Waals surface area contributed by atoms with Crippen LogP contribution in [0.2, 0.25) is 0 Å². The number of hydrogen-bond donors (Lipinski definition) is 0. The van der Waals surface area contributed by atoms with E-state index in [0.29, 0.717) is 0 Å². The minimum atomic E-state index is -1.75. The van der Waals surface area contributed by atoms with E-state index in [4.69, 9.17) is 4.74 Å². The zero-order valence-corrected chi connectivity index (χ0v) is 29.0. The second-order valence-corrected chi connectivity index (χ2v) is 14.4. The van der Waals surface area contributed by atoms with Crippen molar-refractivity contribution in [3.05, 3.63) is 22.7 Å². The first-order valence-electron chi connectivity index (χ1n) is 18.3. The van der Waals surface area contributed by atoms with Crippen LogP contribution in [-0.2, 0) is 33.5 Å². The van der Waals surface area contributed by atoms with E-state index in [1.807, 2.05) is 0 Å². The van der Waals surface area contributed by atoms with Gasteiger partial charge in [0, 0.05) is 39.3 Å². The molecule has 6 heterocycles. The summed E-state index contributed by atoms with van der Waals surface area (Å²) in [5.41, 5.74) is -2.46. The number of Topliss-reactive ketones (excluding diaryl/α,β-unsaturated/α-hetero) is 6. The third-order valence-electron chi connectivity index (χ3n) is 11.0. The molecule has 6 aliphatic heterocycles. The van der Waals surface area contributed by atoms with Gasteiger partial charge in [-0.15, -0.1) is 57.6 Å². The minimum Gasteiger partial charge on any atom is -0.448 e. The highest BCUT2D eigenvalue weighted by Gasteiger charge is 2.49. The zero-order valence-electron chi connectivity index (χ0n) is 29.0. The van der Waals surface area contributed by atoms with Crippen molar-refractivity contribution in [2.24, 2.45) is 0 Å². The molecule has 13 nitrogen and oxygen atoms in total. The first-order valence-corrected chi connectivity index (χ1v) is 18.3. The summed E-state index contributed by atoms with van der Waals surface area (Å²) in [4.78, 5) is 85.8. The molecule has 6 unspecified atom stereocenters. The standard InChI is InChI=1S/C34H42F6N6O7/c35-41-13-1-7-19(41)27(47)25(28(48)20-8-2-14-42(20)36)33(31(51)23-11-5-17-45(23)39)53-34(32(52)24-12-6-18-46(24)40)26(29(49)21-9-3-15-43(21)37)30(50)22-10-4-16-44(22)38/h19-24H,1-18H2. The maximum Gasteiger partial charge on any atom is 0.218 e. The highest BCUT2D eigenvalue weighted by molar-refractivity contribution is 6.29. The molecule has 6 fully saturated rings. The molecule has 6 saturated heterocycles. The third-order valence-corrected chi connectivity index (χ3v) is 11.0. The summed E-state index contributed by atoms with van der Waals surface area (Å²) in [6, 6.07) is -10.3. The molecule has 6 atom stereocenters. The Morgan fingerprint density at radius 2 is 0.528 bits per heavy atom. The summed E-state index contributed by atoms with van der Waals surface area (Å²) in [6.45, 7) is -1.59. The molecule has 0 N–H and O–H groups in total. The van der Waals surface area contributed by atoms with E-state index >= 15 is 26.9 Å². The normalized spacial score (nSPS) is 30.6. The number of nitrogens with zero attached hydrogens (tertiary/aromatic N) is 6. The van der Waals surface area contributed by atoms with Crippen molar-refractivity contribution in [2.75, 3.05) is 39.3 Å². The summed E-state index contributed by atoms with van der Waals surface area (Å²) < 4.78 is 96.5. The van der Waals surface area contributed by atoms with E-state index in [1.54, 1.807) is 0 Å². The topological polar surface area (TPSA) is 131 Å². The summed E-state index contributed by atoms with van der Waals surface area (Å²) in [5, 5.41) is 0.553. The number of ether oxygens (including phenoxy) is 1. The third kappa shape index (κ3) is 7.78. The van der Waals surface area contributed by atoms with Gasteiger partial charge in [-0.2, -0.15) is 0 Å². The molecule has 0 aromatic rings. The molecule has 0 spiro atoms. The van der Waals surface area contributed by atoms with Gasteiger partial charge in [-0.3, -0.25) is 28.8 Å². The second kappa shape index (κ2) is 16.6. The van der Waals surface area contributed by atoms with Crippen LogP contribution in [0.25, 0.3) is 0 Å². The Kier molecular flexibility index (Phi) is 12.3. The Hall–Kier alpha value is -3.36. The maximum atomic E-state index is 15.2. The Morgan fingerprint density at radius 1 is 0.340 bits per heavy atom. The summed E-state index contributed by atoms with van der Waals surface area (Å²) in [7, 11) is 0. The number of rotatable bonds is 14. The van der Waals surface area contributed by atoms with Gasteiger partial charge in [-0.1, -0.05) is 0 Å². The highest BCUT2D eigenvalue weighted by Crippen LogP contribution is 2.35. The Bertz CT molecular complexity index is 1400. The predicted molar refractivity (Wildman–Crippen MR) is 170 cm³/mol. The van der Waals surface area contributed by atoms with Gasteiger partial charge >= 0.3 is 0 Å². The fourth-order valence-corrected chi connectivity index (χ4v) is 8.15. The largest absolute Gasteiger partial charge is 0.448 e. The van der Waals surface area contributed by atoms with E-state index in [1.165, 1.54) is 0 Å². The Morgan fingerprint density at radius 3 is 0.698 bits per heavy atom. The highest BCUT2D eigenvalue weighted by atomic mass is 19.2. The maximum absolute atomic E-state index is 15.2. The van der Waals surface area contributed by atoms with Crippen molar-refractivity contribution in [3.63, 3.8) is 0 Å². The number of carbonyl (C=O) groups is 6. The molecule has 292 valence electrons. The molecule has 53 heavy (non-hydrogen) atoms. The van der Waals surface area contributed by atoms with Crippen molar-refractivity contribution >= 4 is 34.7 Å². The van der Waals surface area contributed by atoms with Crippen molar-refractivity contribution in [1.82, 2.24) is 30.7 Å². The van der Waals surface area contributed by atoms with E-state index in [2.05, 4.69) is 0 Å². The van der Waals surface area contributed by atoms with Crippen LogP contribution in [0.4, 0.5) is 26.9 Å². The van der Waals surface area contributed by atoms with Crippen LogP contribution in [0, 0.1) is 0 Å². The molecule has 0 aromatic carbocycles. The van der Waals surface area contributed by atoms with Crippen LogP contribution in [-0.4, -0.2) is 141 Å². The molecule has 6 aliphatic rings. The van der Waals surface area contributed by atoms with E-state index in [0.717, 1.165) is 0 Å². The fraction of sp³-hybridized carbons (Fsp3) is 0.706. The van der Waals surface area contributed by atoms with Gasteiger partial charge in [0.15, 0.2) is 34.7 Å². The van der Waals surface area contributed by atoms with Crippen LogP contribution >= 0.6 is 0 Å². The smallest absolute Gasteiger partial charge is 0.218 e. The van der Waals surface area contributed by atoms with Crippen LogP contribution in [0.5, 0.6) is 0 Å². The van der Waals surface area contributed by atoms with E-state index in [-0.39, 0.29) is 147 Å². The molecular formula is C34H42F6N6O7. The number of carbonyl (C=O) groups excluding carboxylic acids is 6. The van der Waals surface area contributed by atoms with Gasteiger partial charge in [0.25, 0.3) is 0 Å². The average Bonchev–Trinajstić information content (AvgIpc) is 3.98. The van der Waals surface area contributed by atoms with Crippen LogP contribution in [0.15, 0.2) is 22.7 Å². The lowest BCUT2D eigenvalue weighted by atomic mass is 9.89. The number of halogens is 6. The lowest BCUT2D eigenvalue weighted by molar-refractivity contribution is -0.137. The van der Waals surface area contributed by atoms with Crippen molar-refractivity contribution in [3.8, 4) is 0 Å². The lowest BCUT2D eigenvalue weighted by Gasteiger charge is -2.27. The van der Waals surface area contributed by atoms with E-state index in [9.17, 15) is 28.8 Å². The van der Waals surface area contributed by atoms with Gasteiger partial charge in [0.2, 0.25) is 11.6 Å². The van der Waals surface area contributed by atoms with Gasteiger partial charge in [-0.05, 0) is 77.0 Å². The van der Waals surface area contributed by atoms with Crippen LogP contribution in [0.3, 0.4) is 0 Å². The average molecular weight is 761 g/mol. The summed E-state index contributed by atoms with van der Waals surface area (Å²) in [5.74, 6) is -11.0. The van der Waals surface area contributed by atoms with Gasteiger partial charge in [0.1, 0.15) is 47.4 Å². The Labute approximate surface area is 301 Å². The van der Waals surface area contributed by atoms with Crippen LogP contribution in [0.1, 0.15) is 77.0 Å². The molecule has 0 aromatic heterocycles. The summed E-state index contributed by atoms with van der Waals surface area (Å²) in [6.07, 6.45) is -0.346. The zero-order chi connectivity index (χ0) is 38.1. The molecule has 19 heteroatoms. The monoisotopic (exact) mass is 760 g/mol. The lowest BCUT2D eigenvalue weighted by Crippen LogP contribution is -2.44. The second-order valence-electron chi connectivity index (χ2n) is 14.4. The SMILES string of the molecule is O=C(C(OC(C(=O)C1CCCN1F)=C(C(=O)C1CCCN1F)C(=O)C1CCCN1F)=C(C(=O)C1CCCN1F)C(=O)C1CCCN1F)C1CCCN1F. The van der Waals surface area contributed by atoms with Gasteiger partial charge < -0.3 is 4.74 Å². The molecule has 0 amide bonds. The number of hydrogen-bond acceptors (Lipinski definition) is 13. The quantitative estimate of drug-likeness (QED) is 0.0643. The molecule has 0 radical (unpaired) electrons. The van der Waals surface area contributed by atoms with Crippen molar-refractivity contribution in [2.45, 2.75) is 113 Å². The summed E-state index contributed by atoms with van der Waals surface area (Å²) >= 11 is 0. The molecule has 6 rings (SSSR count). The Balaban J connectivity index is 1.62. The molecule has 0 saturated carbocycles. The first-order chi connectivity index (χ1) is 25.3. The fourth-order valence-electron chi connectivity index (χ4n) is 8.15. The van der Waals surface area contributed by atoms with E-state index < -0.39 is 93.6 Å². The number of ketones is 6. The van der Waals surface area contributed by atoms with Crippen molar-refractivity contribution in [1.29, 1.82) is 0 Å².